The summed E-state index contributed by atoms with van der Waals surface area (Å²) < 4.78 is 11.3. The van der Waals surface area contributed by atoms with Gasteiger partial charge in [0.1, 0.15) is 11.4 Å². The van der Waals surface area contributed by atoms with Gasteiger partial charge in [0.15, 0.2) is 0 Å². The lowest BCUT2D eigenvalue weighted by molar-refractivity contribution is -0.165. The number of hydrogen-bond donors (Lipinski definition) is 0. The van der Waals surface area contributed by atoms with E-state index in [2.05, 4.69) is 19.9 Å². The molecule has 0 bridgehead atoms. The molecule has 0 N–H and O–H groups in total. The maximum absolute atomic E-state index is 13.5. The van der Waals surface area contributed by atoms with Gasteiger partial charge in [-0.1, -0.05) is 25.5 Å². The fraction of sp³-hybridized carbons (Fsp3) is 0.778. The number of rotatable bonds is 3. The molecule has 1 heterocycles. The molecule has 5 rings (SSSR count). The van der Waals surface area contributed by atoms with Crippen molar-refractivity contribution in [1.82, 2.24) is 0 Å². The minimum atomic E-state index is -0.757. The van der Waals surface area contributed by atoms with E-state index in [1.807, 2.05) is 0 Å². The molecular formula is C27H36O6. The van der Waals surface area contributed by atoms with Crippen molar-refractivity contribution >= 4 is 23.5 Å². The van der Waals surface area contributed by atoms with Crippen LogP contribution in [-0.4, -0.2) is 35.2 Å². The van der Waals surface area contributed by atoms with E-state index < -0.39 is 23.3 Å². The Morgan fingerprint density at radius 1 is 1.12 bits per heavy atom. The second-order valence-electron chi connectivity index (χ2n) is 11.9. The van der Waals surface area contributed by atoms with Gasteiger partial charge in [-0.05, 0) is 75.5 Å². The molecule has 5 aliphatic rings. The summed E-state index contributed by atoms with van der Waals surface area (Å²) >= 11 is 0. The summed E-state index contributed by atoms with van der Waals surface area (Å²) in [5, 5.41) is 0. The van der Waals surface area contributed by atoms with Crippen LogP contribution < -0.4 is 0 Å². The van der Waals surface area contributed by atoms with Crippen LogP contribution in [0.4, 0.5) is 0 Å². The van der Waals surface area contributed by atoms with Gasteiger partial charge in [0.2, 0.25) is 5.78 Å². The summed E-state index contributed by atoms with van der Waals surface area (Å²) in [6.45, 7) is 7.99. The Hall–Kier alpha value is -1.98. The van der Waals surface area contributed by atoms with Gasteiger partial charge in [0.25, 0.3) is 0 Å². The standard InChI is InChI=1S/C27H36O6/c1-15(2)32-24(31)23(30)18-14-16-13-17(28)5-9-25(16,3)19-6-10-26(4)20(22(18)19)7-11-27(26)12-8-21(29)33-27/h6,15-16,18,20,22H,5,7-14H2,1-4H3/t16?,18-,20+,22-,25+,26+,27-/m1/s1. The topological polar surface area (TPSA) is 86.7 Å². The minimum Gasteiger partial charge on any atom is -0.458 e. The third kappa shape index (κ3) is 3.19. The lowest BCUT2D eigenvalue weighted by Gasteiger charge is -2.58. The molecule has 0 aromatic heterocycles. The molecule has 180 valence electrons. The SMILES string of the molecule is CC(C)OC(=O)C(=O)[C@@H]1CC2CC(=O)CC[C@]2(C)C2=CC[C@@]3(C)[C@@H](CC[C@@]34CCC(=O)O4)[C@@H]21. The van der Waals surface area contributed by atoms with Crippen LogP contribution in [0.5, 0.6) is 0 Å². The van der Waals surface area contributed by atoms with Gasteiger partial charge in [-0.3, -0.25) is 14.4 Å². The Balaban J connectivity index is 1.57. The number of hydrogen-bond acceptors (Lipinski definition) is 6. The fourth-order valence-electron chi connectivity index (χ4n) is 8.31. The van der Waals surface area contributed by atoms with E-state index in [0.717, 1.165) is 32.1 Å². The van der Waals surface area contributed by atoms with Crippen LogP contribution in [0.25, 0.3) is 0 Å². The maximum Gasteiger partial charge on any atom is 0.375 e. The molecule has 0 radical (unpaired) electrons. The van der Waals surface area contributed by atoms with Gasteiger partial charge in [0, 0.05) is 30.6 Å². The summed E-state index contributed by atoms with van der Waals surface area (Å²) in [7, 11) is 0. The summed E-state index contributed by atoms with van der Waals surface area (Å²) in [6, 6.07) is 0. The van der Waals surface area contributed by atoms with E-state index in [0.29, 0.717) is 25.7 Å². The Morgan fingerprint density at radius 3 is 2.55 bits per heavy atom. The molecule has 1 unspecified atom stereocenters. The van der Waals surface area contributed by atoms with Crippen molar-refractivity contribution in [2.24, 2.45) is 34.5 Å². The first kappa shape index (κ1) is 22.8. The van der Waals surface area contributed by atoms with Crippen molar-refractivity contribution in [3.63, 3.8) is 0 Å². The number of esters is 2. The first-order chi connectivity index (χ1) is 15.5. The highest BCUT2D eigenvalue weighted by Gasteiger charge is 2.67. The molecule has 0 aromatic carbocycles. The van der Waals surface area contributed by atoms with Crippen molar-refractivity contribution < 1.29 is 28.7 Å². The molecule has 7 atom stereocenters. The van der Waals surface area contributed by atoms with Gasteiger partial charge in [-0.25, -0.2) is 4.79 Å². The van der Waals surface area contributed by atoms with Gasteiger partial charge in [-0.15, -0.1) is 0 Å². The first-order valence-electron chi connectivity index (χ1n) is 12.7. The first-order valence-corrected chi connectivity index (χ1v) is 12.7. The zero-order valence-electron chi connectivity index (χ0n) is 20.3. The fourth-order valence-corrected chi connectivity index (χ4v) is 8.31. The number of fused-ring (bicyclic) bond motifs is 6. The van der Waals surface area contributed by atoms with Gasteiger partial charge in [0.05, 0.1) is 6.10 Å². The average Bonchev–Trinajstić information content (AvgIpc) is 3.27. The van der Waals surface area contributed by atoms with Crippen LogP contribution in [0.3, 0.4) is 0 Å². The number of allylic oxidation sites excluding steroid dienone is 2. The normalized spacial score (nSPS) is 44.1. The largest absolute Gasteiger partial charge is 0.458 e. The average molecular weight is 457 g/mol. The molecule has 33 heavy (non-hydrogen) atoms. The Kier molecular flexibility index (Phi) is 5.19. The second-order valence-corrected chi connectivity index (χ2v) is 11.9. The molecule has 6 nitrogen and oxygen atoms in total. The molecule has 1 spiro atoms. The Morgan fingerprint density at radius 2 is 1.88 bits per heavy atom. The van der Waals surface area contributed by atoms with Gasteiger partial charge >= 0.3 is 11.9 Å². The lowest BCUT2D eigenvalue weighted by Crippen LogP contribution is -2.56. The summed E-state index contributed by atoms with van der Waals surface area (Å²) in [6.07, 6.45) is 8.05. The van der Waals surface area contributed by atoms with E-state index in [4.69, 9.17) is 9.47 Å². The van der Waals surface area contributed by atoms with Crippen LogP contribution >= 0.6 is 0 Å². The monoisotopic (exact) mass is 456 g/mol. The Bertz CT molecular complexity index is 948. The maximum atomic E-state index is 13.5. The minimum absolute atomic E-state index is 0.0657. The third-order valence-corrected chi connectivity index (χ3v) is 10.1. The molecule has 3 saturated carbocycles. The van der Waals surface area contributed by atoms with Crippen LogP contribution in [-0.2, 0) is 28.7 Å². The lowest BCUT2D eigenvalue weighted by atomic mass is 9.45. The van der Waals surface area contributed by atoms with E-state index in [9.17, 15) is 19.2 Å². The molecule has 1 saturated heterocycles. The second kappa shape index (κ2) is 7.51. The highest BCUT2D eigenvalue weighted by atomic mass is 16.6. The van der Waals surface area contributed by atoms with Gasteiger partial charge < -0.3 is 9.47 Å². The van der Waals surface area contributed by atoms with E-state index in [-0.39, 0.29) is 46.4 Å². The number of carbonyl (C=O) groups excluding carboxylic acids is 4. The Labute approximate surface area is 195 Å². The molecule has 6 heteroatoms. The summed E-state index contributed by atoms with van der Waals surface area (Å²) in [5.41, 5.74) is 0.427. The molecule has 4 fully saturated rings. The number of Topliss-reactive ketones (excluding diaryl/α,β-unsaturated/α-hetero) is 2. The van der Waals surface area contributed by atoms with Crippen molar-refractivity contribution in [2.75, 3.05) is 0 Å². The van der Waals surface area contributed by atoms with Crippen LogP contribution in [0.15, 0.2) is 11.6 Å². The van der Waals surface area contributed by atoms with Crippen molar-refractivity contribution in [2.45, 2.75) is 97.2 Å². The van der Waals surface area contributed by atoms with Crippen LogP contribution in [0.2, 0.25) is 0 Å². The van der Waals surface area contributed by atoms with Crippen LogP contribution in [0, 0.1) is 34.5 Å². The van der Waals surface area contributed by atoms with Crippen molar-refractivity contribution in [3.05, 3.63) is 11.6 Å². The predicted molar refractivity (Wildman–Crippen MR) is 120 cm³/mol. The van der Waals surface area contributed by atoms with Crippen LogP contribution in [0.1, 0.15) is 85.5 Å². The summed E-state index contributed by atoms with van der Waals surface area (Å²) in [4.78, 5) is 50.8. The zero-order chi connectivity index (χ0) is 23.8. The highest BCUT2D eigenvalue weighted by Crippen LogP contribution is 2.69. The number of ketones is 2. The number of carbonyl (C=O) groups is 4. The molecule has 4 aliphatic carbocycles. The van der Waals surface area contributed by atoms with Crippen molar-refractivity contribution in [3.8, 4) is 0 Å². The number of ether oxygens (including phenoxy) is 2. The van der Waals surface area contributed by atoms with E-state index in [1.54, 1.807) is 13.8 Å². The third-order valence-electron chi connectivity index (χ3n) is 10.1. The van der Waals surface area contributed by atoms with E-state index in [1.165, 1.54) is 5.57 Å². The van der Waals surface area contributed by atoms with E-state index >= 15 is 0 Å². The molecule has 1 aliphatic heterocycles. The molecule has 0 aromatic rings. The quantitative estimate of drug-likeness (QED) is 0.357. The van der Waals surface area contributed by atoms with Crippen molar-refractivity contribution in [1.29, 1.82) is 0 Å². The highest BCUT2D eigenvalue weighted by molar-refractivity contribution is 6.34. The smallest absolute Gasteiger partial charge is 0.375 e. The zero-order valence-corrected chi connectivity index (χ0v) is 20.3. The molecule has 0 amide bonds. The predicted octanol–water partition coefficient (Wildman–Crippen LogP) is 4.34. The molecular weight excluding hydrogens is 420 g/mol. The van der Waals surface area contributed by atoms with Gasteiger partial charge in [-0.2, -0.15) is 0 Å². The summed E-state index contributed by atoms with van der Waals surface area (Å²) in [5.74, 6) is -1.38.